The molecule has 0 amide bonds. The van der Waals surface area contributed by atoms with Gasteiger partial charge in [0, 0.05) is 17.9 Å². The van der Waals surface area contributed by atoms with Crippen LogP contribution in [0.5, 0.6) is 0 Å². The average molecular weight is 1050 g/mol. The summed E-state index contributed by atoms with van der Waals surface area (Å²) in [5, 5.41) is 30.7. The Kier molecular flexibility index (Phi) is 67.0. The van der Waals surface area contributed by atoms with E-state index in [0.29, 0.717) is 0 Å². The number of carbonyl (C=O) groups excluding carboxylic acids is 3. The Morgan fingerprint density at radius 1 is 0.284 bits per heavy atom. The Morgan fingerprint density at radius 2 is 0.433 bits per heavy atom. The first kappa shape index (κ1) is 69.7. The molecule has 390 valence electrons. The van der Waals surface area contributed by atoms with E-state index in [1.165, 1.54) is 277 Å². The summed E-state index contributed by atoms with van der Waals surface area (Å²) >= 11 is 1.49. The van der Waals surface area contributed by atoms with Gasteiger partial charge in [-0.1, -0.05) is 290 Å². The Morgan fingerprint density at radius 3 is 0.552 bits per heavy atom. The van der Waals surface area contributed by atoms with E-state index in [-0.39, 0.29) is 19.3 Å². The monoisotopic (exact) mass is 1050 g/mol. The Balaban J connectivity index is -0.000000851. The van der Waals surface area contributed by atoms with Gasteiger partial charge in [0.1, 0.15) is 0 Å². The molecular weight excluding hydrogens is 935 g/mol. The Hall–Kier alpha value is -1.57. The number of rotatable bonds is 48. The summed E-state index contributed by atoms with van der Waals surface area (Å²) in [6.45, 7) is 6.80. The summed E-state index contributed by atoms with van der Waals surface area (Å²) in [7, 11) is 0. The van der Waals surface area contributed by atoms with Crippen LogP contribution in [0, 0.1) is 0 Å². The van der Waals surface area contributed by atoms with Crippen molar-refractivity contribution in [3.63, 3.8) is 0 Å². The van der Waals surface area contributed by atoms with Crippen LogP contribution in [0.2, 0.25) is 0 Å². The van der Waals surface area contributed by atoms with Gasteiger partial charge < -0.3 is 29.7 Å². The van der Waals surface area contributed by atoms with Gasteiger partial charge in [-0.2, -0.15) is 0 Å². The van der Waals surface area contributed by atoms with Crippen LogP contribution < -0.4 is 18.9 Å². The topological polar surface area (TPSA) is 120 Å². The van der Waals surface area contributed by atoms with Gasteiger partial charge in [0.25, 0.3) is 0 Å². The maximum absolute atomic E-state index is 10.2. The van der Waals surface area contributed by atoms with Crippen molar-refractivity contribution in [2.75, 3.05) is 0 Å². The zero-order valence-corrected chi connectivity index (χ0v) is 47.6. The normalized spacial score (nSPS) is 10.6. The molecule has 0 saturated heterocycles. The van der Waals surface area contributed by atoms with Crippen molar-refractivity contribution in [1.82, 2.24) is 0 Å². The second kappa shape index (κ2) is 64.4. The number of carboxylic acids is 3. The van der Waals surface area contributed by atoms with Gasteiger partial charge in [-0.15, -0.1) is 0 Å². The van der Waals surface area contributed by atoms with Crippen molar-refractivity contribution >= 4 is 44.0 Å². The maximum atomic E-state index is 10.2. The predicted octanol–water partition coefficient (Wildman–Crippen LogP) is 15.5. The Labute approximate surface area is 430 Å². The molecule has 0 heterocycles. The van der Waals surface area contributed by atoms with Crippen molar-refractivity contribution in [2.45, 2.75) is 329 Å². The number of benzene rings is 1. The zero-order valence-electron chi connectivity index (χ0n) is 44.8. The molecule has 0 aliphatic rings. The molecule has 1 aromatic rings. The molecule has 7 heteroatoms. The minimum atomic E-state index is -0.903. The molecule has 0 atom stereocenters. The van der Waals surface area contributed by atoms with E-state index < -0.39 is 17.9 Å². The fourth-order valence-electron chi connectivity index (χ4n) is 8.36. The number of hydrogen-bond acceptors (Lipinski definition) is 6. The van der Waals surface area contributed by atoms with E-state index in [0.717, 1.165) is 38.5 Å². The molecule has 0 aromatic heterocycles. The molecule has 0 saturated carbocycles. The van der Waals surface area contributed by atoms with Crippen LogP contribution in [0.1, 0.15) is 329 Å². The molecule has 0 N–H and O–H groups in total. The summed E-state index contributed by atoms with van der Waals surface area (Å²) < 4.78 is 1.41. The molecule has 1 rings (SSSR count). The van der Waals surface area contributed by atoms with Crippen LogP contribution in [-0.4, -0.2) is 40.4 Å². The van der Waals surface area contributed by atoms with Crippen molar-refractivity contribution in [1.29, 1.82) is 0 Å². The number of aliphatic carboxylic acids is 3. The SMILES string of the molecule is CCCCCCCCCCCCCCCCCC(=O)[O-].CCCCCCCCCCCCCCCCCC(=O)[O-].CCCCCCCCCCCCCCCCCC(=O)[O-].[Sn+3][c]1ccccc1. The van der Waals surface area contributed by atoms with Crippen molar-refractivity contribution < 1.29 is 29.7 Å². The van der Waals surface area contributed by atoms with Gasteiger partial charge in [-0.25, -0.2) is 0 Å². The molecule has 0 radical (unpaired) electrons. The van der Waals surface area contributed by atoms with Crippen LogP contribution in [0.15, 0.2) is 30.3 Å². The van der Waals surface area contributed by atoms with Crippen LogP contribution >= 0.6 is 0 Å². The molecular formula is C60H110O6Sn. The molecule has 0 fully saturated rings. The summed E-state index contributed by atoms with van der Waals surface area (Å²) in [6, 6.07) is 10.4. The standard InChI is InChI=1S/3C18H36O2.C6H5.Sn/c3*1-2-3-4-5-6-7-8-9-10-11-12-13-14-15-16-17-18(19)20;1-2-4-6-5-3-1;/h3*2-17H2,1H3,(H,19,20);1-5H;/q;;;;+3/p-3. The minimum absolute atomic E-state index is 0.234. The molecule has 67 heavy (non-hydrogen) atoms. The average Bonchev–Trinajstić information content (AvgIpc) is 3.31. The third kappa shape index (κ3) is 76.1. The molecule has 0 aliphatic carbocycles. The number of unbranched alkanes of at least 4 members (excludes halogenated alkanes) is 42. The van der Waals surface area contributed by atoms with Gasteiger partial charge >= 0.3 is 56.4 Å². The quantitative estimate of drug-likeness (QED) is 0.0473. The predicted molar refractivity (Wildman–Crippen MR) is 285 cm³/mol. The van der Waals surface area contributed by atoms with Gasteiger partial charge in [0.05, 0.1) is 0 Å². The van der Waals surface area contributed by atoms with Crippen LogP contribution in [-0.2, 0) is 14.4 Å². The fourth-order valence-corrected chi connectivity index (χ4v) is 8.91. The first-order valence-corrected chi connectivity index (χ1v) is 30.5. The van der Waals surface area contributed by atoms with Crippen LogP contribution in [0.25, 0.3) is 0 Å². The number of carboxylic acid groups (broad SMARTS) is 3. The number of hydrogen-bond donors (Lipinski definition) is 0. The van der Waals surface area contributed by atoms with Crippen molar-refractivity contribution in [3.8, 4) is 0 Å². The van der Waals surface area contributed by atoms with Crippen molar-refractivity contribution in [2.24, 2.45) is 0 Å². The molecule has 6 nitrogen and oxygen atoms in total. The van der Waals surface area contributed by atoms with Gasteiger partial charge in [0.15, 0.2) is 0 Å². The number of carbonyl (C=O) groups is 3. The van der Waals surface area contributed by atoms with E-state index in [9.17, 15) is 29.7 Å². The second-order valence-electron chi connectivity index (χ2n) is 19.6. The molecule has 0 bridgehead atoms. The zero-order chi connectivity index (χ0) is 49.8. The fraction of sp³-hybridized carbons (Fsp3) is 0.850. The van der Waals surface area contributed by atoms with Gasteiger partial charge in [-0.3, -0.25) is 0 Å². The van der Waals surface area contributed by atoms with Crippen LogP contribution in [0.4, 0.5) is 0 Å². The van der Waals surface area contributed by atoms with Crippen LogP contribution in [0.3, 0.4) is 0 Å². The van der Waals surface area contributed by atoms with E-state index in [4.69, 9.17) is 0 Å². The molecule has 0 unspecified atom stereocenters. The molecule has 0 spiro atoms. The van der Waals surface area contributed by atoms with Gasteiger partial charge in [0.2, 0.25) is 0 Å². The molecule has 0 aliphatic heterocycles. The van der Waals surface area contributed by atoms with E-state index in [1.54, 1.807) is 0 Å². The third-order valence-electron chi connectivity index (χ3n) is 12.7. The van der Waals surface area contributed by atoms with E-state index >= 15 is 0 Å². The summed E-state index contributed by atoms with van der Waals surface area (Å²) in [4.78, 5) is 30.7. The second-order valence-corrected chi connectivity index (χ2v) is 21.2. The first-order valence-electron chi connectivity index (χ1n) is 29.1. The first-order chi connectivity index (χ1) is 32.7. The van der Waals surface area contributed by atoms with E-state index in [2.05, 4.69) is 45.0 Å². The molecule has 1 aromatic carbocycles. The van der Waals surface area contributed by atoms with Gasteiger partial charge in [-0.05, 0) is 38.5 Å². The Bertz CT molecular complexity index is 977. The summed E-state index contributed by atoms with van der Waals surface area (Å²) in [6.07, 6.45) is 59.6. The summed E-state index contributed by atoms with van der Waals surface area (Å²) in [5.74, 6) is -2.71. The summed E-state index contributed by atoms with van der Waals surface area (Å²) in [5.41, 5.74) is 0. The van der Waals surface area contributed by atoms with E-state index in [1.807, 2.05) is 6.07 Å². The van der Waals surface area contributed by atoms with Crippen molar-refractivity contribution in [3.05, 3.63) is 30.3 Å². The third-order valence-corrected chi connectivity index (χ3v) is 13.7.